The van der Waals surface area contributed by atoms with Crippen molar-refractivity contribution in [2.24, 2.45) is 11.8 Å². The van der Waals surface area contributed by atoms with Crippen molar-refractivity contribution in [2.45, 2.75) is 32.1 Å². The van der Waals surface area contributed by atoms with Crippen LogP contribution in [-0.4, -0.2) is 11.6 Å². The van der Waals surface area contributed by atoms with Gasteiger partial charge in [0, 0.05) is 16.9 Å². The molecule has 3 rings (SSSR count). The van der Waals surface area contributed by atoms with Gasteiger partial charge in [0.2, 0.25) is 0 Å². The van der Waals surface area contributed by atoms with Gasteiger partial charge in [-0.05, 0) is 37.0 Å². The number of fused-ring (bicyclic) bond motifs is 1. The summed E-state index contributed by atoms with van der Waals surface area (Å²) in [6.07, 6.45) is 2.74. The number of hydrogen-bond donors (Lipinski definition) is 0. The van der Waals surface area contributed by atoms with Gasteiger partial charge >= 0.3 is 0 Å². The molecular formula is C15H15ClO2. The lowest BCUT2D eigenvalue weighted by Gasteiger charge is -2.12. The van der Waals surface area contributed by atoms with Gasteiger partial charge in [0.1, 0.15) is 5.92 Å². The Bertz CT molecular complexity index is 513. The van der Waals surface area contributed by atoms with Gasteiger partial charge < -0.3 is 0 Å². The molecule has 0 N–H and O–H groups in total. The van der Waals surface area contributed by atoms with E-state index in [1.807, 2.05) is 25.1 Å². The molecule has 2 saturated carbocycles. The molecule has 0 aromatic heterocycles. The Labute approximate surface area is 111 Å². The standard InChI is InChI=1S/C15H15ClO2/c1-8-5-6-11(12(16)7-8)13-14(17)9-3-2-4-10(9)15(13)18/h5-7,9-10,13H,2-4H2,1H3. The van der Waals surface area contributed by atoms with Crippen molar-refractivity contribution in [1.29, 1.82) is 0 Å². The predicted octanol–water partition coefficient (Wildman–Crippen LogP) is 3.30. The van der Waals surface area contributed by atoms with Gasteiger partial charge in [-0.3, -0.25) is 9.59 Å². The molecule has 0 aliphatic heterocycles. The van der Waals surface area contributed by atoms with Gasteiger partial charge in [-0.15, -0.1) is 0 Å². The van der Waals surface area contributed by atoms with Crippen molar-refractivity contribution in [3.63, 3.8) is 0 Å². The summed E-state index contributed by atoms with van der Waals surface area (Å²) >= 11 is 6.19. The van der Waals surface area contributed by atoms with Gasteiger partial charge in [0.15, 0.2) is 11.6 Å². The molecule has 2 aliphatic carbocycles. The maximum absolute atomic E-state index is 12.4. The van der Waals surface area contributed by atoms with Crippen LogP contribution >= 0.6 is 11.6 Å². The fourth-order valence-corrected chi connectivity index (χ4v) is 3.73. The third kappa shape index (κ3) is 1.63. The molecule has 18 heavy (non-hydrogen) atoms. The summed E-state index contributed by atoms with van der Waals surface area (Å²) in [5.74, 6) is -0.505. The molecule has 0 spiro atoms. The van der Waals surface area contributed by atoms with E-state index in [-0.39, 0.29) is 23.4 Å². The Morgan fingerprint density at radius 1 is 1.11 bits per heavy atom. The van der Waals surface area contributed by atoms with E-state index < -0.39 is 5.92 Å². The summed E-state index contributed by atoms with van der Waals surface area (Å²) in [5, 5.41) is 0.543. The molecule has 94 valence electrons. The average Bonchev–Trinajstić information content (AvgIpc) is 2.87. The molecule has 2 aliphatic rings. The lowest BCUT2D eigenvalue weighted by atomic mass is 9.92. The van der Waals surface area contributed by atoms with Gasteiger partial charge in [-0.2, -0.15) is 0 Å². The first-order valence-corrected chi connectivity index (χ1v) is 6.81. The van der Waals surface area contributed by atoms with Crippen molar-refractivity contribution < 1.29 is 9.59 Å². The van der Waals surface area contributed by atoms with Crippen LogP contribution < -0.4 is 0 Å². The van der Waals surface area contributed by atoms with Gasteiger partial charge in [0.05, 0.1) is 0 Å². The summed E-state index contributed by atoms with van der Waals surface area (Å²) in [6, 6.07) is 5.57. The molecule has 1 aromatic rings. The van der Waals surface area contributed by atoms with E-state index in [1.165, 1.54) is 0 Å². The van der Waals surface area contributed by atoms with E-state index in [1.54, 1.807) is 0 Å². The fourth-order valence-electron chi connectivity index (χ4n) is 3.38. The highest BCUT2D eigenvalue weighted by molar-refractivity contribution is 6.32. The average molecular weight is 263 g/mol. The zero-order chi connectivity index (χ0) is 12.9. The summed E-state index contributed by atoms with van der Waals surface area (Å²) < 4.78 is 0. The number of hydrogen-bond acceptors (Lipinski definition) is 2. The maximum Gasteiger partial charge on any atom is 0.151 e. The largest absolute Gasteiger partial charge is 0.298 e. The minimum Gasteiger partial charge on any atom is -0.298 e. The molecular weight excluding hydrogens is 248 g/mol. The highest BCUT2D eigenvalue weighted by Gasteiger charge is 2.51. The second-order valence-electron chi connectivity index (χ2n) is 5.41. The van der Waals surface area contributed by atoms with Crippen molar-refractivity contribution in [3.05, 3.63) is 34.3 Å². The van der Waals surface area contributed by atoms with Crippen LogP contribution in [0.1, 0.15) is 36.3 Å². The molecule has 1 aromatic carbocycles. The van der Waals surface area contributed by atoms with E-state index in [4.69, 9.17) is 11.6 Å². The first kappa shape index (κ1) is 11.9. The molecule has 0 saturated heterocycles. The zero-order valence-electron chi connectivity index (χ0n) is 10.3. The molecule has 2 unspecified atom stereocenters. The van der Waals surface area contributed by atoms with Gasteiger partial charge in [0.25, 0.3) is 0 Å². The Morgan fingerprint density at radius 3 is 2.28 bits per heavy atom. The Kier molecular flexibility index (Phi) is 2.78. The molecule has 2 atom stereocenters. The van der Waals surface area contributed by atoms with E-state index in [0.717, 1.165) is 24.8 Å². The summed E-state index contributed by atoms with van der Waals surface area (Å²) in [5.41, 5.74) is 1.74. The number of Topliss-reactive ketones (excluding diaryl/α,β-unsaturated/α-hetero) is 2. The van der Waals surface area contributed by atoms with E-state index >= 15 is 0 Å². The molecule has 3 heteroatoms. The quantitative estimate of drug-likeness (QED) is 0.728. The normalized spacial score (nSPS) is 30.9. The van der Waals surface area contributed by atoms with E-state index in [2.05, 4.69) is 0 Å². The van der Waals surface area contributed by atoms with E-state index in [0.29, 0.717) is 10.6 Å². The summed E-state index contributed by atoms with van der Waals surface area (Å²) in [7, 11) is 0. The lowest BCUT2D eigenvalue weighted by Crippen LogP contribution is -2.16. The smallest absolute Gasteiger partial charge is 0.151 e. The molecule has 0 radical (unpaired) electrons. The van der Waals surface area contributed by atoms with Crippen LogP contribution in [0, 0.1) is 18.8 Å². The second-order valence-corrected chi connectivity index (χ2v) is 5.81. The lowest BCUT2D eigenvalue weighted by molar-refractivity contribution is -0.125. The topological polar surface area (TPSA) is 34.1 Å². The fraction of sp³-hybridized carbons (Fsp3) is 0.467. The third-order valence-corrected chi connectivity index (χ3v) is 4.61. The number of benzene rings is 1. The number of aryl methyl sites for hydroxylation is 1. The minimum absolute atomic E-state index is 0.0418. The van der Waals surface area contributed by atoms with Crippen LogP contribution in [0.3, 0.4) is 0 Å². The van der Waals surface area contributed by atoms with Crippen molar-refractivity contribution in [1.82, 2.24) is 0 Å². The zero-order valence-corrected chi connectivity index (χ0v) is 11.0. The first-order chi connectivity index (χ1) is 8.59. The third-order valence-electron chi connectivity index (χ3n) is 4.28. The van der Waals surface area contributed by atoms with Gasteiger partial charge in [-0.25, -0.2) is 0 Å². The highest BCUT2D eigenvalue weighted by Crippen LogP contribution is 2.46. The van der Waals surface area contributed by atoms with Crippen LogP contribution in [0.15, 0.2) is 18.2 Å². The summed E-state index contributed by atoms with van der Waals surface area (Å²) in [6.45, 7) is 1.95. The first-order valence-electron chi connectivity index (χ1n) is 6.43. The number of rotatable bonds is 1. The monoisotopic (exact) mass is 262 g/mol. The molecule has 0 heterocycles. The predicted molar refractivity (Wildman–Crippen MR) is 69.8 cm³/mol. The van der Waals surface area contributed by atoms with Gasteiger partial charge in [-0.1, -0.05) is 30.2 Å². The van der Waals surface area contributed by atoms with E-state index in [9.17, 15) is 9.59 Å². The summed E-state index contributed by atoms with van der Waals surface area (Å²) in [4.78, 5) is 24.7. The van der Waals surface area contributed by atoms with Crippen LogP contribution in [0.4, 0.5) is 0 Å². The van der Waals surface area contributed by atoms with Crippen LogP contribution in [0.2, 0.25) is 5.02 Å². The Balaban J connectivity index is 2.02. The molecule has 2 fully saturated rings. The number of ketones is 2. The maximum atomic E-state index is 12.4. The second kappa shape index (κ2) is 4.20. The molecule has 0 amide bonds. The van der Waals surface area contributed by atoms with Crippen LogP contribution in [0.25, 0.3) is 0 Å². The highest BCUT2D eigenvalue weighted by atomic mass is 35.5. The number of carbonyl (C=O) groups is 2. The molecule has 2 nitrogen and oxygen atoms in total. The Hall–Kier alpha value is -1.15. The van der Waals surface area contributed by atoms with Crippen molar-refractivity contribution >= 4 is 23.2 Å². The van der Waals surface area contributed by atoms with Crippen molar-refractivity contribution in [3.8, 4) is 0 Å². The van der Waals surface area contributed by atoms with Crippen molar-refractivity contribution in [2.75, 3.05) is 0 Å². The van der Waals surface area contributed by atoms with Crippen LogP contribution in [-0.2, 0) is 9.59 Å². The number of halogens is 1. The SMILES string of the molecule is Cc1ccc(C2C(=O)C3CCCC3C2=O)c(Cl)c1. The Morgan fingerprint density at radius 2 is 1.72 bits per heavy atom. The van der Waals surface area contributed by atoms with Crippen LogP contribution in [0.5, 0.6) is 0 Å². The minimum atomic E-state index is -0.603. The number of carbonyl (C=O) groups excluding carboxylic acids is 2. The molecule has 0 bridgehead atoms.